The van der Waals surface area contributed by atoms with E-state index in [1.54, 1.807) is 6.92 Å². The quantitative estimate of drug-likeness (QED) is 0.530. The molecule has 0 fully saturated rings. The maximum atomic E-state index is 10.9. The van der Waals surface area contributed by atoms with E-state index in [1.807, 2.05) is 0 Å². The highest BCUT2D eigenvalue weighted by Crippen LogP contribution is 1.85. The molecule has 6 nitrogen and oxygen atoms in total. The molecule has 0 radical (unpaired) electrons. The average Bonchev–Trinajstić information content (AvgIpc) is 2.36. The first kappa shape index (κ1) is 6.02. The number of aromatic nitrogens is 5. The summed E-state index contributed by atoms with van der Waals surface area (Å²) in [5.74, 6) is 0.362. The monoisotopic (exact) mass is 151 g/mol. The first-order valence-electron chi connectivity index (χ1n) is 3.04. The van der Waals surface area contributed by atoms with Crippen LogP contribution >= 0.6 is 0 Å². The van der Waals surface area contributed by atoms with Crippen LogP contribution in [-0.2, 0) is 0 Å². The van der Waals surface area contributed by atoms with Gasteiger partial charge in [-0.15, -0.1) is 10.2 Å². The van der Waals surface area contributed by atoms with Crippen molar-refractivity contribution < 1.29 is 0 Å². The lowest BCUT2D eigenvalue weighted by atomic mass is 10.5. The molecular weight excluding hydrogens is 146 g/mol. The van der Waals surface area contributed by atoms with Crippen LogP contribution in [0.25, 0.3) is 5.78 Å². The minimum atomic E-state index is -0.231. The number of H-pyrrole nitrogens is 1. The molecule has 2 heterocycles. The standard InChI is InChI=1S/C5H5N5O/c1-3-4(11)7-5-8-6-2-10(5)9-3/h2H,1H3,(H,7,8,11). The molecule has 0 saturated carbocycles. The van der Waals surface area contributed by atoms with Gasteiger partial charge in [0.05, 0.1) is 0 Å². The molecule has 0 aliphatic carbocycles. The van der Waals surface area contributed by atoms with Gasteiger partial charge < -0.3 is 0 Å². The minimum Gasteiger partial charge on any atom is -0.288 e. The number of rotatable bonds is 0. The molecule has 0 spiro atoms. The molecule has 6 heteroatoms. The van der Waals surface area contributed by atoms with E-state index >= 15 is 0 Å². The van der Waals surface area contributed by atoms with Gasteiger partial charge in [-0.2, -0.15) is 9.61 Å². The van der Waals surface area contributed by atoms with E-state index in [2.05, 4.69) is 20.3 Å². The van der Waals surface area contributed by atoms with E-state index in [4.69, 9.17) is 0 Å². The van der Waals surface area contributed by atoms with Crippen LogP contribution in [0.15, 0.2) is 11.1 Å². The van der Waals surface area contributed by atoms with Crippen molar-refractivity contribution in [2.45, 2.75) is 6.92 Å². The smallest absolute Gasteiger partial charge is 0.273 e. The van der Waals surface area contributed by atoms with E-state index in [-0.39, 0.29) is 5.56 Å². The van der Waals surface area contributed by atoms with Gasteiger partial charge in [0.15, 0.2) is 0 Å². The Hall–Kier alpha value is -1.72. The summed E-state index contributed by atoms with van der Waals surface area (Å²) in [4.78, 5) is 13.4. The van der Waals surface area contributed by atoms with Gasteiger partial charge >= 0.3 is 0 Å². The highest BCUT2D eigenvalue weighted by molar-refractivity contribution is 5.21. The van der Waals surface area contributed by atoms with Crippen LogP contribution in [0.4, 0.5) is 0 Å². The second-order valence-electron chi connectivity index (χ2n) is 2.14. The van der Waals surface area contributed by atoms with Gasteiger partial charge in [0, 0.05) is 0 Å². The summed E-state index contributed by atoms with van der Waals surface area (Å²) in [7, 11) is 0. The lowest BCUT2D eigenvalue weighted by molar-refractivity contribution is 0.848. The zero-order valence-electron chi connectivity index (χ0n) is 5.77. The van der Waals surface area contributed by atoms with E-state index in [0.717, 1.165) is 0 Å². The molecule has 0 atom stereocenters. The van der Waals surface area contributed by atoms with Crippen molar-refractivity contribution in [3.8, 4) is 0 Å². The third-order valence-electron chi connectivity index (χ3n) is 1.34. The molecule has 0 bridgehead atoms. The van der Waals surface area contributed by atoms with Gasteiger partial charge in [-0.25, -0.2) is 0 Å². The SMILES string of the molecule is Cc1nn2cnnc2[nH]c1=O. The summed E-state index contributed by atoms with van der Waals surface area (Å²) < 4.78 is 1.41. The Kier molecular flexibility index (Phi) is 1.03. The van der Waals surface area contributed by atoms with Crippen LogP contribution in [0.3, 0.4) is 0 Å². The average molecular weight is 151 g/mol. The normalized spacial score (nSPS) is 10.6. The lowest BCUT2D eigenvalue weighted by Crippen LogP contribution is -2.14. The van der Waals surface area contributed by atoms with Gasteiger partial charge in [0.1, 0.15) is 12.0 Å². The largest absolute Gasteiger partial charge is 0.288 e. The molecule has 0 saturated heterocycles. The molecule has 2 rings (SSSR count). The summed E-state index contributed by atoms with van der Waals surface area (Å²) in [5.41, 5.74) is 0.169. The summed E-state index contributed by atoms with van der Waals surface area (Å²) in [6.45, 7) is 1.62. The van der Waals surface area contributed by atoms with Crippen molar-refractivity contribution in [3.05, 3.63) is 22.4 Å². The molecule has 1 N–H and O–H groups in total. The molecule has 0 unspecified atom stereocenters. The van der Waals surface area contributed by atoms with Crippen molar-refractivity contribution >= 4 is 5.78 Å². The Balaban J connectivity index is 2.97. The molecule has 0 aliphatic heterocycles. The van der Waals surface area contributed by atoms with Gasteiger partial charge in [0.25, 0.3) is 11.3 Å². The Morgan fingerprint density at radius 3 is 3.27 bits per heavy atom. The molecule has 0 amide bonds. The number of aromatic amines is 1. The van der Waals surface area contributed by atoms with Gasteiger partial charge in [-0.1, -0.05) is 0 Å². The first-order valence-corrected chi connectivity index (χ1v) is 3.04. The zero-order chi connectivity index (χ0) is 7.84. The number of aryl methyl sites for hydroxylation is 1. The molecule has 0 aliphatic rings. The molecule has 2 aromatic heterocycles. The first-order chi connectivity index (χ1) is 5.27. The summed E-state index contributed by atoms with van der Waals surface area (Å²) in [5, 5.41) is 11.1. The minimum absolute atomic E-state index is 0.231. The number of nitrogens with zero attached hydrogens (tertiary/aromatic N) is 4. The van der Waals surface area contributed by atoms with Crippen LogP contribution in [0.2, 0.25) is 0 Å². The van der Waals surface area contributed by atoms with Crippen molar-refractivity contribution in [1.82, 2.24) is 24.8 Å². The predicted octanol–water partition coefficient (Wildman–Crippen LogP) is -0.879. The maximum absolute atomic E-state index is 10.9. The second-order valence-corrected chi connectivity index (χ2v) is 2.14. The molecule has 0 aromatic carbocycles. The van der Waals surface area contributed by atoms with Crippen molar-refractivity contribution in [3.63, 3.8) is 0 Å². The Labute approximate surface area is 60.9 Å². The molecule has 11 heavy (non-hydrogen) atoms. The number of hydrogen-bond acceptors (Lipinski definition) is 4. The third-order valence-corrected chi connectivity index (χ3v) is 1.34. The molecule has 2 aromatic rings. The highest BCUT2D eigenvalue weighted by Gasteiger charge is 1.99. The fourth-order valence-corrected chi connectivity index (χ4v) is 0.784. The number of fused-ring (bicyclic) bond motifs is 1. The van der Waals surface area contributed by atoms with Crippen molar-refractivity contribution in [2.75, 3.05) is 0 Å². The van der Waals surface area contributed by atoms with Crippen LogP contribution in [0.5, 0.6) is 0 Å². The molecular formula is C5H5N5O. The second kappa shape index (κ2) is 1.88. The lowest BCUT2D eigenvalue weighted by Gasteiger charge is -1.90. The fraction of sp³-hybridized carbons (Fsp3) is 0.200. The summed E-state index contributed by atoms with van der Waals surface area (Å²) in [6, 6.07) is 0. The Morgan fingerprint density at radius 2 is 2.45 bits per heavy atom. The molecule has 56 valence electrons. The zero-order valence-corrected chi connectivity index (χ0v) is 5.77. The predicted molar refractivity (Wildman–Crippen MR) is 36.1 cm³/mol. The topological polar surface area (TPSA) is 75.9 Å². The fourth-order valence-electron chi connectivity index (χ4n) is 0.784. The van der Waals surface area contributed by atoms with Gasteiger partial charge in [-0.3, -0.25) is 9.78 Å². The van der Waals surface area contributed by atoms with E-state index in [0.29, 0.717) is 11.5 Å². The number of hydrogen-bond donors (Lipinski definition) is 1. The third kappa shape index (κ3) is 0.794. The number of nitrogens with one attached hydrogen (secondary N) is 1. The van der Waals surface area contributed by atoms with E-state index < -0.39 is 0 Å². The van der Waals surface area contributed by atoms with E-state index in [1.165, 1.54) is 10.8 Å². The Bertz CT molecular complexity index is 441. The van der Waals surface area contributed by atoms with Crippen LogP contribution < -0.4 is 5.56 Å². The summed E-state index contributed by atoms with van der Waals surface area (Å²) in [6.07, 6.45) is 1.43. The maximum Gasteiger partial charge on any atom is 0.273 e. The van der Waals surface area contributed by atoms with Crippen molar-refractivity contribution in [1.29, 1.82) is 0 Å². The van der Waals surface area contributed by atoms with E-state index in [9.17, 15) is 4.79 Å². The van der Waals surface area contributed by atoms with Crippen LogP contribution in [-0.4, -0.2) is 24.8 Å². The van der Waals surface area contributed by atoms with Crippen LogP contribution in [0.1, 0.15) is 5.69 Å². The highest BCUT2D eigenvalue weighted by atomic mass is 16.1. The van der Waals surface area contributed by atoms with Crippen LogP contribution in [0, 0.1) is 6.92 Å². The van der Waals surface area contributed by atoms with Gasteiger partial charge in [0.2, 0.25) is 0 Å². The van der Waals surface area contributed by atoms with Crippen molar-refractivity contribution in [2.24, 2.45) is 0 Å². The Morgan fingerprint density at radius 1 is 1.64 bits per heavy atom. The summed E-state index contributed by atoms with van der Waals surface area (Å²) >= 11 is 0. The van der Waals surface area contributed by atoms with Gasteiger partial charge in [-0.05, 0) is 6.92 Å².